The molecule has 2 N–H and O–H groups in total. The number of fused-ring (bicyclic) bond motifs is 5. The zero-order chi connectivity index (χ0) is 25.6. The van der Waals surface area contributed by atoms with Gasteiger partial charge in [-0.15, -0.1) is 0 Å². The maximum atomic E-state index is 15.0. The third-order valence-electron chi connectivity index (χ3n) is 8.95. The van der Waals surface area contributed by atoms with Crippen molar-refractivity contribution in [1.82, 2.24) is 9.55 Å². The molecule has 3 aromatic rings. The summed E-state index contributed by atoms with van der Waals surface area (Å²) in [5.74, 6) is -1.08. The number of hydrogen-bond acceptors (Lipinski definition) is 6. The fourth-order valence-electron chi connectivity index (χ4n) is 6.77. The first-order chi connectivity index (χ1) is 17.2. The predicted molar refractivity (Wildman–Crippen MR) is 131 cm³/mol. The first-order valence-electron chi connectivity index (χ1n) is 12.6. The zero-order valence-corrected chi connectivity index (χ0v) is 20.7. The molecule has 0 saturated carbocycles. The molecule has 4 heterocycles. The third kappa shape index (κ3) is 2.77. The van der Waals surface area contributed by atoms with Gasteiger partial charge in [0.05, 0.1) is 29.0 Å². The van der Waals surface area contributed by atoms with Gasteiger partial charge in [0.25, 0.3) is 5.56 Å². The van der Waals surface area contributed by atoms with Gasteiger partial charge >= 0.3 is 5.97 Å². The van der Waals surface area contributed by atoms with Crippen LogP contribution in [0.5, 0.6) is 0 Å². The Labute approximate surface area is 207 Å². The van der Waals surface area contributed by atoms with E-state index in [0.29, 0.717) is 35.3 Å². The molecule has 0 amide bonds. The molecule has 0 radical (unpaired) electrons. The minimum atomic E-state index is -1.91. The standard InChI is InChI=1S/C28H29FN2O5/c1-4-27(8-9-32)7-6-15-14(3)19(29)11-20-22(15)23(27)16-12-31-21(24(16)30-20)10-18-17(25(31)33)13-36-26(34)28(18,35)5-2/h10-11,32,35H,4-9,12-13H2,1-3H3/t27?,28-/m0/s1. The van der Waals surface area contributed by atoms with Crippen LogP contribution in [0.1, 0.15) is 72.9 Å². The SMILES string of the molecule is CCC1(CCO)CCc2c(C)c(F)cc3nc4c(c1c23)Cn1c-4cc2c(c1=O)COC(=O)[C@]2(O)CC. The highest BCUT2D eigenvalue weighted by Crippen LogP contribution is 2.51. The van der Waals surface area contributed by atoms with Gasteiger partial charge in [0.2, 0.25) is 0 Å². The van der Waals surface area contributed by atoms with Gasteiger partial charge in [0.15, 0.2) is 5.60 Å². The summed E-state index contributed by atoms with van der Waals surface area (Å²) in [5.41, 5.74) is 3.09. The van der Waals surface area contributed by atoms with Gasteiger partial charge in [-0.25, -0.2) is 14.2 Å². The van der Waals surface area contributed by atoms with E-state index in [0.717, 1.165) is 34.9 Å². The van der Waals surface area contributed by atoms with Crippen molar-refractivity contribution in [2.45, 2.75) is 77.0 Å². The van der Waals surface area contributed by atoms with Gasteiger partial charge in [0.1, 0.15) is 12.4 Å². The summed E-state index contributed by atoms with van der Waals surface area (Å²) in [4.78, 5) is 31.0. The van der Waals surface area contributed by atoms with E-state index >= 15 is 0 Å². The average Bonchev–Trinajstić information content (AvgIpc) is 3.24. The molecule has 8 heteroatoms. The van der Waals surface area contributed by atoms with E-state index in [1.165, 1.54) is 6.07 Å². The lowest BCUT2D eigenvalue weighted by Crippen LogP contribution is -2.44. The smallest absolute Gasteiger partial charge is 0.343 e. The van der Waals surface area contributed by atoms with Crippen molar-refractivity contribution in [3.8, 4) is 11.4 Å². The molecule has 2 aromatic heterocycles. The van der Waals surface area contributed by atoms with Crippen LogP contribution in [0, 0.1) is 12.7 Å². The maximum Gasteiger partial charge on any atom is 0.343 e. The van der Waals surface area contributed by atoms with Gasteiger partial charge < -0.3 is 19.5 Å². The molecular formula is C28H29FN2O5. The van der Waals surface area contributed by atoms with Crippen molar-refractivity contribution in [3.05, 3.63) is 61.7 Å². The number of hydrogen-bond donors (Lipinski definition) is 2. The second-order valence-corrected chi connectivity index (χ2v) is 10.4. The van der Waals surface area contributed by atoms with Crippen LogP contribution in [-0.2, 0) is 40.1 Å². The van der Waals surface area contributed by atoms with Crippen LogP contribution in [-0.4, -0.2) is 32.3 Å². The topological polar surface area (TPSA) is 102 Å². The number of aryl methyl sites for hydroxylation is 1. The molecule has 1 aliphatic carbocycles. The van der Waals surface area contributed by atoms with E-state index < -0.39 is 11.6 Å². The molecule has 188 valence electrons. The summed E-state index contributed by atoms with van der Waals surface area (Å²) >= 11 is 0. The molecule has 0 fully saturated rings. The number of nitrogens with zero attached hydrogens (tertiary/aromatic N) is 2. The molecule has 6 rings (SSSR count). The first-order valence-corrected chi connectivity index (χ1v) is 12.6. The molecule has 7 nitrogen and oxygen atoms in total. The van der Waals surface area contributed by atoms with Gasteiger partial charge in [-0.2, -0.15) is 0 Å². The Morgan fingerprint density at radius 3 is 2.64 bits per heavy atom. The van der Waals surface area contributed by atoms with Crippen LogP contribution in [0.25, 0.3) is 22.3 Å². The Morgan fingerprint density at radius 2 is 1.94 bits per heavy atom. The number of aliphatic hydroxyl groups excluding tert-OH is 1. The summed E-state index contributed by atoms with van der Waals surface area (Å²) < 4.78 is 21.8. The number of benzene rings is 1. The first kappa shape index (κ1) is 23.3. The second-order valence-electron chi connectivity index (χ2n) is 10.4. The van der Waals surface area contributed by atoms with Crippen LogP contribution < -0.4 is 5.56 Å². The predicted octanol–water partition coefficient (Wildman–Crippen LogP) is 3.50. The summed E-state index contributed by atoms with van der Waals surface area (Å²) in [5, 5.41) is 22.1. The van der Waals surface area contributed by atoms with Crippen molar-refractivity contribution >= 4 is 16.9 Å². The second kappa shape index (κ2) is 7.70. The number of aromatic nitrogens is 2. The molecule has 3 aliphatic rings. The number of ether oxygens (including phenoxy) is 1. The zero-order valence-electron chi connectivity index (χ0n) is 20.7. The third-order valence-corrected chi connectivity index (χ3v) is 8.95. The van der Waals surface area contributed by atoms with Crippen molar-refractivity contribution in [3.63, 3.8) is 0 Å². The Morgan fingerprint density at radius 1 is 1.17 bits per heavy atom. The Bertz CT molecular complexity index is 1540. The molecule has 1 unspecified atom stereocenters. The number of halogens is 1. The fraction of sp³-hybridized carbons (Fsp3) is 0.464. The highest BCUT2D eigenvalue weighted by Gasteiger charge is 2.46. The Hall–Kier alpha value is -3.10. The average molecular weight is 493 g/mol. The maximum absolute atomic E-state index is 15.0. The monoisotopic (exact) mass is 492 g/mol. The summed E-state index contributed by atoms with van der Waals surface area (Å²) in [7, 11) is 0. The van der Waals surface area contributed by atoms with Crippen LogP contribution in [0.4, 0.5) is 4.39 Å². The van der Waals surface area contributed by atoms with Crippen molar-refractivity contribution < 1.29 is 24.1 Å². The van der Waals surface area contributed by atoms with E-state index in [4.69, 9.17) is 9.72 Å². The number of pyridine rings is 2. The van der Waals surface area contributed by atoms with Gasteiger partial charge in [-0.1, -0.05) is 13.8 Å². The summed E-state index contributed by atoms with van der Waals surface area (Å²) in [6, 6.07) is 3.15. The molecule has 2 atom stereocenters. The molecule has 0 bridgehead atoms. The van der Waals surface area contributed by atoms with E-state index in [2.05, 4.69) is 6.92 Å². The Kier molecular flexibility index (Phi) is 4.98. The van der Waals surface area contributed by atoms with Gasteiger partial charge in [-0.3, -0.25) is 4.79 Å². The number of carbonyl (C=O) groups is 1. The molecule has 1 aromatic carbocycles. The highest BCUT2D eigenvalue weighted by molar-refractivity contribution is 5.94. The Balaban J connectivity index is 1.72. The number of cyclic esters (lactones) is 1. The molecule has 0 saturated heterocycles. The molecule has 2 aliphatic heterocycles. The van der Waals surface area contributed by atoms with Crippen LogP contribution in [0.2, 0.25) is 0 Å². The van der Waals surface area contributed by atoms with E-state index in [-0.39, 0.29) is 54.1 Å². The lowest BCUT2D eigenvalue weighted by Gasteiger charge is -2.40. The van der Waals surface area contributed by atoms with Crippen molar-refractivity contribution in [2.24, 2.45) is 0 Å². The fourth-order valence-corrected chi connectivity index (χ4v) is 6.77. The van der Waals surface area contributed by atoms with E-state index in [1.807, 2.05) is 0 Å². The summed E-state index contributed by atoms with van der Waals surface area (Å²) in [6.45, 7) is 5.69. The lowest BCUT2D eigenvalue weighted by atomic mass is 9.64. The van der Waals surface area contributed by atoms with Crippen LogP contribution in [0.3, 0.4) is 0 Å². The normalized spacial score (nSPS) is 23.9. The minimum Gasteiger partial charge on any atom is -0.458 e. The summed E-state index contributed by atoms with van der Waals surface area (Å²) in [6.07, 6.45) is 2.88. The van der Waals surface area contributed by atoms with Crippen molar-refractivity contribution in [2.75, 3.05) is 6.61 Å². The number of carbonyl (C=O) groups excluding carboxylic acids is 1. The van der Waals surface area contributed by atoms with Gasteiger partial charge in [-0.05, 0) is 67.2 Å². The number of aliphatic hydroxyl groups is 2. The quantitative estimate of drug-likeness (QED) is 0.423. The van der Waals surface area contributed by atoms with Crippen LogP contribution in [0.15, 0.2) is 16.9 Å². The molecule has 36 heavy (non-hydrogen) atoms. The van der Waals surface area contributed by atoms with E-state index in [9.17, 15) is 24.2 Å². The largest absolute Gasteiger partial charge is 0.458 e. The van der Waals surface area contributed by atoms with Crippen LogP contribution >= 0.6 is 0 Å². The van der Waals surface area contributed by atoms with E-state index in [1.54, 1.807) is 24.5 Å². The molecular weight excluding hydrogens is 463 g/mol. The lowest BCUT2D eigenvalue weighted by molar-refractivity contribution is -0.172. The number of esters is 1. The van der Waals surface area contributed by atoms with Gasteiger partial charge in [0, 0.05) is 29.2 Å². The molecule has 0 spiro atoms. The van der Waals surface area contributed by atoms with Crippen molar-refractivity contribution in [1.29, 1.82) is 0 Å². The highest BCUT2D eigenvalue weighted by atomic mass is 19.1. The minimum absolute atomic E-state index is 0.0200. The number of rotatable bonds is 4.